The molecule has 0 amide bonds. The predicted octanol–water partition coefficient (Wildman–Crippen LogP) is 4.62. The fraction of sp³-hybridized carbons (Fsp3) is 0.467. The van der Waals surface area contributed by atoms with Gasteiger partial charge in [0.1, 0.15) is 0 Å². The molecule has 0 aromatic heterocycles. The molecule has 1 aromatic rings. The highest BCUT2D eigenvalue weighted by atomic mass is 14.2. The van der Waals surface area contributed by atoms with Crippen LogP contribution < -0.4 is 0 Å². The summed E-state index contributed by atoms with van der Waals surface area (Å²) < 4.78 is 0. The van der Waals surface area contributed by atoms with Crippen molar-refractivity contribution in [3.63, 3.8) is 0 Å². The Morgan fingerprint density at radius 2 is 2.00 bits per heavy atom. The highest BCUT2D eigenvalue weighted by molar-refractivity contribution is 5.62. The van der Waals surface area contributed by atoms with Crippen molar-refractivity contribution in [2.75, 3.05) is 0 Å². The molecule has 15 heavy (non-hydrogen) atoms. The van der Waals surface area contributed by atoms with E-state index < -0.39 is 0 Å². The summed E-state index contributed by atoms with van der Waals surface area (Å²) in [6.45, 7) is 4.61. The molecular formula is C15H20. The standard InChI is InChI=1S/C15H20/c1-12(2)6-5-8-14-11-10-13-7-3-4-9-15(13)14/h3-4,7,9-12,14H,5-6,8H2,1-2H3. The Balaban J connectivity index is 1.94. The van der Waals surface area contributed by atoms with E-state index in [1.54, 1.807) is 0 Å². The zero-order valence-corrected chi connectivity index (χ0v) is 9.74. The molecule has 1 aliphatic carbocycles. The van der Waals surface area contributed by atoms with Crippen LogP contribution >= 0.6 is 0 Å². The van der Waals surface area contributed by atoms with Crippen LogP contribution in [0.1, 0.15) is 50.2 Å². The van der Waals surface area contributed by atoms with E-state index in [-0.39, 0.29) is 0 Å². The van der Waals surface area contributed by atoms with Gasteiger partial charge in [0.05, 0.1) is 0 Å². The molecule has 1 atom stereocenters. The third-order valence-corrected chi connectivity index (χ3v) is 3.20. The molecule has 1 aromatic carbocycles. The lowest BCUT2D eigenvalue weighted by molar-refractivity contribution is 0.526. The average molecular weight is 200 g/mol. The van der Waals surface area contributed by atoms with Crippen LogP contribution in [0.15, 0.2) is 30.3 Å². The Morgan fingerprint density at radius 1 is 1.20 bits per heavy atom. The van der Waals surface area contributed by atoms with E-state index in [9.17, 15) is 0 Å². The Labute approximate surface area is 93.0 Å². The summed E-state index contributed by atoms with van der Waals surface area (Å²) in [5.74, 6) is 1.52. The molecule has 0 heterocycles. The van der Waals surface area contributed by atoms with Gasteiger partial charge >= 0.3 is 0 Å². The van der Waals surface area contributed by atoms with Crippen LogP contribution in [0.3, 0.4) is 0 Å². The Kier molecular flexibility index (Phi) is 3.25. The van der Waals surface area contributed by atoms with Crippen LogP contribution in [0, 0.1) is 5.92 Å². The molecule has 2 rings (SSSR count). The van der Waals surface area contributed by atoms with Crippen molar-refractivity contribution in [2.24, 2.45) is 5.92 Å². The van der Waals surface area contributed by atoms with Crippen molar-refractivity contribution >= 4 is 6.08 Å². The topological polar surface area (TPSA) is 0 Å². The average Bonchev–Trinajstić information content (AvgIpc) is 2.62. The maximum atomic E-state index is 2.37. The highest BCUT2D eigenvalue weighted by Crippen LogP contribution is 2.33. The zero-order valence-electron chi connectivity index (χ0n) is 9.74. The van der Waals surface area contributed by atoms with Crippen LogP contribution in [0.5, 0.6) is 0 Å². The Hall–Kier alpha value is -1.04. The lowest BCUT2D eigenvalue weighted by Gasteiger charge is -2.11. The summed E-state index contributed by atoms with van der Waals surface area (Å²) >= 11 is 0. The van der Waals surface area contributed by atoms with Crippen molar-refractivity contribution < 1.29 is 0 Å². The normalized spacial score (nSPS) is 18.5. The van der Waals surface area contributed by atoms with Crippen molar-refractivity contribution in [1.29, 1.82) is 0 Å². The number of benzene rings is 1. The molecule has 1 aliphatic rings. The third kappa shape index (κ3) is 2.50. The fourth-order valence-electron chi connectivity index (χ4n) is 2.32. The SMILES string of the molecule is CC(C)CCCC1C=Cc2ccccc21. The first-order valence-corrected chi connectivity index (χ1v) is 6.04. The van der Waals surface area contributed by atoms with Crippen molar-refractivity contribution in [3.8, 4) is 0 Å². The molecule has 0 bridgehead atoms. The van der Waals surface area contributed by atoms with Gasteiger partial charge in [-0.1, -0.05) is 63.1 Å². The summed E-state index contributed by atoms with van der Waals surface area (Å²) in [7, 11) is 0. The van der Waals surface area contributed by atoms with Crippen LogP contribution in [0.25, 0.3) is 6.08 Å². The second-order valence-corrected chi connectivity index (χ2v) is 4.92. The molecule has 1 unspecified atom stereocenters. The van der Waals surface area contributed by atoms with E-state index >= 15 is 0 Å². The minimum absolute atomic E-state index is 0.681. The monoisotopic (exact) mass is 200 g/mol. The summed E-state index contributed by atoms with van der Waals surface area (Å²) in [5, 5.41) is 0. The second-order valence-electron chi connectivity index (χ2n) is 4.92. The third-order valence-electron chi connectivity index (χ3n) is 3.20. The summed E-state index contributed by atoms with van der Waals surface area (Å²) in [6.07, 6.45) is 8.65. The van der Waals surface area contributed by atoms with E-state index in [0.717, 1.165) is 5.92 Å². The lowest BCUT2D eigenvalue weighted by Crippen LogP contribution is -1.95. The molecule has 0 spiro atoms. The van der Waals surface area contributed by atoms with E-state index in [1.807, 2.05) is 0 Å². The van der Waals surface area contributed by atoms with Crippen molar-refractivity contribution in [2.45, 2.75) is 39.0 Å². The van der Waals surface area contributed by atoms with E-state index in [0.29, 0.717) is 5.92 Å². The quantitative estimate of drug-likeness (QED) is 0.665. The van der Waals surface area contributed by atoms with Crippen LogP contribution in [-0.2, 0) is 0 Å². The second kappa shape index (κ2) is 4.65. The van der Waals surface area contributed by atoms with E-state index in [1.165, 1.54) is 30.4 Å². The van der Waals surface area contributed by atoms with Crippen LogP contribution in [-0.4, -0.2) is 0 Å². The largest absolute Gasteiger partial charge is 0.0764 e. The van der Waals surface area contributed by atoms with E-state index in [4.69, 9.17) is 0 Å². The number of rotatable bonds is 4. The van der Waals surface area contributed by atoms with Crippen molar-refractivity contribution in [1.82, 2.24) is 0 Å². The summed E-state index contributed by atoms with van der Waals surface area (Å²) in [4.78, 5) is 0. The molecule has 0 nitrogen and oxygen atoms in total. The minimum Gasteiger partial charge on any atom is -0.0764 e. The smallest absolute Gasteiger partial charge is 0.00272 e. The molecule has 0 saturated carbocycles. The van der Waals surface area contributed by atoms with Gasteiger partial charge in [-0.15, -0.1) is 0 Å². The van der Waals surface area contributed by atoms with Gasteiger partial charge in [-0.3, -0.25) is 0 Å². The Morgan fingerprint density at radius 3 is 2.80 bits per heavy atom. The highest BCUT2D eigenvalue weighted by Gasteiger charge is 2.15. The van der Waals surface area contributed by atoms with Crippen LogP contribution in [0.4, 0.5) is 0 Å². The Bertz CT molecular complexity index is 347. The first kappa shape index (κ1) is 10.5. The molecule has 0 aliphatic heterocycles. The molecule has 80 valence electrons. The van der Waals surface area contributed by atoms with Gasteiger partial charge in [0.25, 0.3) is 0 Å². The number of hydrogen-bond acceptors (Lipinski definition) is 0. The molecule has 0 fully saturated rings. The van der Waals surface area contributed by atoms with Crippen LogP contribution in [0.2, 0.25) is 0 Å². The van der Waals surface area contributed by atoms with E-state index in [2.05, 4.69) is 50.3 Å². The van der Waals surface area contributed by atoms with Gasteiger partial charge in [0.2, 0.25) is 0 Å². The molecule has 0 heteroatoms. The maximum Gasteiger partial charge on any atom is 0.00272 e. The summed E-state index contributed by atoms with van der Waals surface area (Å²) in [6, 6.07) is 8.77. The molecule has 0 radical (unpaired) electrons. The molecule has 0 saturated heterocycles. The molecule has 0 N–H and O–H groups in total. The number of hydrogen-bond donors (Lipinski definition) is 0. The number of allylic oxidation sites excluding steroid dienone is 1. The van der Waals surface area contributed by atoms with Gasteiger partial charge in [0, 0.05) is 5.92 Å². The zero-order chi connectivity index (χ0) is 10.7. The number of fused-ring (bicyclic) bond motifs is 1. The first-order valence-electron chi connectivity index (χ1n) is 6.04. The van der Waals surface area contributed by atoms with Gasteiger partial charge in [-0.25, -0.2) is 0 Å². The summed E-state index contributed by atoms with van der Waals surface area (Å²) in [5.41, 5.74) is 2.95. The predicted molar refractivity (Wildman–Crippen MR) is 66.9 cm³/mol. The lowest BCUT2D eigenvalue weighted by atomic mass is 9.94. The van der Waals surface area contributed by atoms with Gasteiger partial charge in [0.15, 0.2) is 0 Å². The maximum absolute atomic E-state index is 2.37. The first-order chi connectivity index (χ1) is 7.27. The minimum atomic E-state index is 0.681. The fourth-order valence-corrected chi connectivity index (χ4v) is 2.32. The van der Waals surface area contributed by atoms with Gasteiger partial charge in [-0.05, 0) is 23.5 Å². The van der Waals surface area contributed by atoms with Gasteiger partial charge in [-0.2, -0.15) is 0 Å². The van der Waals surface area contributed by atoms with Gasteiger partial charge < -0.3 is 0 Å². The molecular weight excluding hydrogens is 180 g/mol. The van der Waals surface area contributed by atoms with Crippen molar-refractivity contribution in [3.05, 3.63) is 41.5 Å².